The van der Waals surface area contributed by atoms with E-state index in [4.69, 9.17) is 5.73 Å². The minimum atomic E-state index is -4.70. The highest BCUT2D eigenvalue weighted by atomic mass is 19.4. The number of rotatable bonds is 5. The third kappa shape index (κ3) is 4.47. The first-order valence-electron chi connectivity index (χ1n) is 13.2. The molecule has 1 aliphatic carbocycles. The van der Waals surface area contributed by atoms with E-state index in [0.717, 1.165) is 10.9 Å². The molecule has 0 aliphatic heterocycles. The second kappa shape index (κ2) is 10.1. The van der Waals surface area contributed by atoms with Crippen LogP contribution >= 0.6 is 0 Å². The number of halogens is 3. The van der Waals surface area contributed by atoms with Crippen molar-refractivity contribution < 1.29 is 22.8 Å². The van der Waals surface area contributed by atoms with Crippen LogP contribution < -0.4 is 11.3 Å². The fourth-order valence-electron chi connectivity index (χ4n) is 5.70. The highest BCUT2D eigenvalue weighted by molar-refractivity contribution is 6.04. The molecular formula is C31H24F3N5O3. The fourth-order valence-corrected chi connectivity index (χ4v) is 5.70. The van der Waals surface area contributed by atoms with Gasteiger partial charge in [0.25, 0.3) is 5.56 Å². The Morgan fingerprint density at radius 1 is 1.00 bits per heavy atom. The molecule has 0 fully saturated rings. The van der Waals surface area contributed by atoms with Crippen LogP contribution in [0.15, 0.2) is 71.8 Å². The second-order valence-electron chi connectivity index (χ2n) is 10.2. The number of carbonyl (C=O) groups excluding carboxylic acids is 2. The van der Waals surface area contributed by atoms with E-state index in [-0.39, 0.29) is 45.7 Å². The van der Waals surface area contributed by atoms with Crippen LogP contribution in [0, 0.1) is 0 Å². The van der Waals surface area contributed by atoms with E-state index in [2.05, 4.69) is 9.97 Å². The molecule has 0 unspecified atom stereocenters. The van der Waals surface area contributed by atoms with Gasteiger partial charge >= 0.3 is 6.18 Å². The molecule has 0 spiro atoms. The van der Waals surface area contributed by atoms with Crippen molar-refractivity contribution in [3.8, 4) is 16.8 Å². The lowest BCUT2D eigenvalue weighted by Gasteiger charge is -2.21. The van der Waals surface area contributed by atoms with Gasteiger partial charge in [0.15, 0.2) is 11.6 Å². The number of pyridine rings is 1. The number of hydrogen-bond donors (Lipinski definition) is 1. The van der Waals surface area contributed by atoms with Crippen molar-refractivity contribution in [3.63, 3.8) is 0 Å². The maximum Gasteiger partial charge on any atom is 0.432 e. The summed E-state index contributed by atoms with van der Waals surface area (Å²) in [6.45, 7) is 0. The minimum absolute atomic E-state index is 0.0423. The molecule has 0 atom stereocenters. The van der Waals surface area contributed by atoms with E-state index in [1.54, 1.807) is 24.3 Å². The molecule has 11 heteroatoms. The molecule has 8 nitrogen and oxygen atoms in total. The molecule has 2 N–H and O–H groups in total. The highest BCUT2D eigenvalue weighted by Crippen LogP contribution is 2.44. The number of nitrogens with zero attached hydrogens (tertiary/aromatic N) is 4. The van der Waals surface area contributed by atoms with Crippen molar-refractivity contribution >= 4 is 28.4 Å². The molecule has 42 heavy (non-hydrogen) atoms. The molecule has 2 aromatic carbocycles. The largest absolute Gasteiger partial charge is 0.432 e. The Morgan fingerprint density at radius 2 is 1.71 bits per heavy atom. The first-order chi connectivity index (χ1) is 20.1. The van der Waals surface area contributed by atoms with E-state index < -0.39 is 23.2 Å². The molecule has 6 rings (SSSR count). The number of alkyl halides is 3. The summed E-state index contributed by atoms with van der Waals surface area (Å²) in [7, 11) is 1.26. The summed E-state index contributed by atoms with van der Waals surface area (Å²) in [5, 5.41) is 0.0799. The number of carbonyl (C=O) groups is 2. The predicted molar refractivity (Wildman–Crippen MR) is 151 cm³/mol. The van der Waals surface area contributed by atoms with Gasteiger partial charge in [0.2, 0.25) is 0 Å². The van der Waals surface area contributed by atoms with Crippen LogP contribution in [-0.4, -0.2) is 30.7 Å². The Hall–Kier alpha value is -5.06. The summed E-state index contributed by atoms with van der Waals surface area (Å²) in [4.78, 5) is 47.7. The van der Waals surface area contributed by atoms with Crippen LogP contribution in [0.4, 0.5) is 19.0 Å². The normalized spacial score (nSPS) is 13.4. The Labute approximate surface area is 237 Å². The van der Waals surface area contributed by atoms with Crippen LogP contribution in [0.5, 0.6) is 0 Å². The van der Waals surface area contributed by atoms with Gasteiger partial charge in [0.05, 0.1) is 10.9 Å². The second-order valence-corrected chi connectivity index (χ2v) is 10.2. The standard InChI is InChI=1S/C31H24F3N5O3/c1-38-27(31(32,33)34)25(26-28(35)36-16-37-29(26)38)18-12-10-17(11-13-18)14-24(41)21-15-20-22(8-5-9-23(20)40)39(30(21)42)19-6-3-2-4-7-19/h2-4,6-7,10-13,15-16H,5,8-9,14H2,1H3,(H2,35,36,37). The maximum atomic E-state index is 14.1. The van der Waals surface area contributed by atoms with Gasteiger partial charge in [0.1, 0.15) is 23.5 Å². The number of ketones is 2. The van der Waals surface area contributed by atoms with Crippen molar-refractivity contribution in [1.29, 1.82) is 0 Å². The van der Waals surface area contributed by atoms with Crippen molar-refractivity contribution in [2.75, 3.05) is 5.73 Å². The SMILES string of the molecule is Cn1c(C(F)(F)F)c(-c2ccc(CC(=O)c3cc4c(n(-c5ccccc5)c3=O)CCCC4=O)cc2)c2c(N)ncnc21. The van der Waals surface area contributed by atoms with Crippen LogP contribution in [0.25, 0.3) is 27.8 Å². The highest BCUT2D eigenvalue weighted by Gasteiger charge is 2.40. The zero-order chi connectivity index (χ0) is 29.8. The Bertz CT molecular complexity index is 1940. The van der Waals surface area contributed by atoms with Crippen LogP contribution in [0.2, 0.25) is 0 Å². The molecule has 0 radical (unpaired) electrons. The first-order valence-corrected chi connectivity index (χ1v) is 13.2. The number of benzene rings is 2. The topological polar surface area (TPSA) is 113 Å². The number of Topliss-reactive ketones (excluding diaryl/α,β-unsaturated/α-hetero) is 2. The molecule has 5 aromatic rings. The Kier molecular flexibility index (Phi) is 6.52. The summed E-state index contributed by atoms with van der Waals surface area (Å²) in [6, 6.07) is 16.2. The summed E-state index contributed by atoms with van der Waals surface area (Å²) in [5.74, 6) is -0.715. The van der Waals surface area contributed by atoms with Crippen molar-refractivity contribution in [2.24, 2.45) is 7.05 Å². The average Bonchev–Trinajstić information content (AvgIpc) is 3.27. The van der Waals surface area contributed by atoms with Crippen molar-refractivity contribution in [2.45, 2.75) is 31.9 Å². The number of anilines is 1. The van der Waals surface area contributed by atoms with Gasteiger partial charge in [0, 0.05) is 42.4 Å². The maximum absolute atomic E-state index is 14.1. The molecule has 0 saturated heterocycles. The van der Waals surface area contributed by atoms with Gasteiger partial charge < -0.3 is 10.3 Å². The smallest absolute Gasteiger partial charge is 0.383 e. The molecule has 0 amide bonds. The lowest BCUT2D eigenvalue weighted by molar-refractivity contribution is -0.142. The van der Waals surface area contributed by atoms with Gasteiger partial charge in [-0.1, -0.05) is 42.5 Å². The van der Waals surface area contributed by atoms with E-state index in [0.29, 0.717) is 41.8 Å². The fraction of sp³-hybridized carbons (Fsp3) is 0.194. The summed E-state index contributed by atoms with van der Waals surface area (Å²) in [6.07, 6.45) is -2.30. The van der Waals surface area contributed by atoms with E-state index in [1.165, 1.54) is 41.9 Å². The third-order valence-corrected chi connectivity index (χ3v) is 7.61. The molecule has 0 saturated carbocycles. The number of nitrogen functional groups attached to an aromatic ring is 1. The number of hydrogen-bond acceptors (Lipinski definition) is 6. The minimum Gasteiger partial charge on any atom is -0.383 e. The zero-order valence-electron chi connectivity index (χ0n) is 22.4. The van der Waals surface area contributed by atoms with Gasteiger partial charge in [-0.05, 0) is 42.2 Å². The quantitative estimate of drug-likeness (QED) is 0.285. The van der Waals surface area contributed by atoms with E-state index in [1.807, 2.05) is 6.07 Å². The van der Waals surface area contributed by atoms with Crippen LogP contribution in [-0.2, 0) is 26.1 Å². The Morgan fingerprint density at radius 3 is 2.40 bits per heavy atom. The summed E-state index contributed by atoms with van der Waals surface area (Å²) < 4.78 is 44.8. The van der Waals surface area contributed by atoms with Gasteiger partial charge in [-0.25, -0.2) is 9.97 Å². The first kappa shape index (κ1) is 27.1. The number of fused-ring (bicyclic) bond motifs is 2. The molecule has 3 aromatic heterocycles. The van der Waals surface area contributed by atoms with E-state index >= 15 is 0 Å². The molecular weight excluding hydrogens is 547 g/mol. The molecule has 212 valence electrons. The summed E-state index contributed by atoms with van der Waals surface area (Å²) in [5.41, 5.74) is 6.51. The zero-order valence-corrected chi connectivity index (χ0v) is 22.4. The third-order valence-electron chi connectivity index (χ3n) is 7.61. The number of nitrogens with two attached hydrogens (primary N) is 1. The molecule has 1 aliphatic rings. The molecule has 0 bridgehead atoms. The lowest BCUT2D eigenvalue weighted by Crippen LogP contribution is -2.32. The van der Waals surface area contributed by atoms with Crippen molar-refractivity contribution in [3.05, 3.63) is 105 Å². The van der Waals surface area contributed by atoms with Gasteiger partial charge in [-0.2, -0.15) is 13.2 Å². The van der Waals surface area contributed by atoms with Crippen molar-refractivity contribution in [1.82, 2.24) is 19.1 Å². The lowest BCUT2D eigenvalue weighted by atomic mass is 9.91. The number of aryl methyl sites for hydroxylation is 1. The Balaban J connectivity index is 1.39. The van der Waals surface area contributed by atoms with Crippen LogP contribution in [0.3, 0.4) is 0 Å². The average molecular weight is 572 g/mol. The summed E-state index contributed by atoms with van der Waals surface area (Å²) >= 11 is 0. The van der Waals surface area contributed by atoms with E-state index in [9.17, 15) is 27.6 Å². The predicted octanol–water partition coefficient (Wildman–Crippen LogP) is 5.33. The van der Waals surface area contributed by atoms with Crippen LogP contribution in [0.1, 0.15) is 50.5 Å². The van der Waals surface area contributed by atoms with Gasteiger partial charge in [-0.15, -0.1) is 0 Å². The monoisotopic (exact) mass is 571 g/mol. The number of para-hydroxylation sites is 1. The van der Waals surface area contributed by atoms with Gasteiger partial charge in [-0.3, -0.25) is 19.0 Å². The number of aromatic nitrogens is 4. The molecule has 3 heterocycles.